The summed E-state index contributed by atoms with van der Waals surface area (Å²) in [5.74, 6) is 2.75. The number of hydrogen-bond acceptors (Lipinski definition) is 6. The van der Waals surface area contributed by atoms with Crippen LogP contribution in [0.1, 0.15) is 12.8 Å². The Kier molecular flexibility index (Phi) is 7.10. The van der Waals surface area contributed by atoms with Crippen molar-refractivity contribution in [2.24, 2.45) is 0 Å². The second-order valence-electron chi connectivity index (χ2n) is 7.89. The van der Waals surface area contributed by atoms with E-state index in [9.17, 15) is 0 Å². The largest absolute Gasteiger partial charge is 0.497 e. The molecule has 0 spiro atoms. The molecule has 1 fully saturated rings. The molecule has 0 bridgehead atoms. The molecule has 6 nitrogen and oxygen atoms in total. The molecule has 31 heavy (non-hydrogen) atoms. The van der Waals surface area contributed by atoms with Crippen LogP contribution < -0.4 is 19.7 Å². The summed E-state index contributed by atoms with van der Waals surface area (Å²) in [7, 11) is 3.43. The van der Waals surface area contributed by atoms with E-state index < -0.39 is 0 Å². The van der Waals surface area contributed by atoms with Gasteiger partial charge in [0.25, 0.3) is 0 Å². The van der Waals surface area contributed by atoms with Crippen molar-refractivity contribution < 1.29 is 9.47 Å². The Balaban J connectivity index is 1.17. The van der Waals surface area contributed by atoms with E-state index in [0.29, 0.717) is 0 Å². The topological polar surface area (TPSA) is 49.9 Å². The quantitative estimate of drug-likeness (QED) is 0.522. The fourth-order valence-electron chi connectivity index (χ4n) is 4.11. The smallest absolute Gasteiger partial charge is 0.142 e. The van der Waals surface area contributed by atoms with Crippen LogP contribution in [0.5, 0.6) is 11.5 Å². The lowest BCUT2D eigenvalue weighted by Crippen LogP contribution is -2.46. The summed E-state index contributed by atoms with van der Waals surface area (Å²) in [5, 5.41) is 4.56. The number of aromatic nitrogens is 1. The second-order valence-corrected chi connectivity index (χ2v) is 7.89. The zero-order valence-corrected chi connectivity index (χ0v) is 18.5. The summed E-state index contributed by atoms with van der Waals surface area (Å²) >= 11 is 0. The Hall–Kier alpha value is -2.99. The predicted molar refractivity (Wildman–Crippen MR) is 128 cm³/mol. The first-order chi connectivity index (χ1) is 15.3. The lowest BCUT2D eigenvalue weighted by molar-refractivity contribution is 0.253. The number of anilines is 2. The minimum absolute atomic E-state index is 0.860. The summed E-state index contributed by atoms with van der Waals surface area (Å²) in [6.45, 7) is 6.37. The third-order valence-corrected chi connectivity index (χ3v) is 5.90. The summed E-state index contributed by atoms with van der Waals surface area (Å²) < 4.78 is 10.8. The third-order valence-electron chi connectivity index (χ3n) is 5.90. The number of unbranched alkanes of at least 4 members (excludes halogenated alkanes) is 1. The van der Waals surface area contributed by atoms with Crippen LogP contribution >= 0.6 is 0 Å². The van der Waals surface area contributed by atoms with E-state index in [2.05, 4.69) is 33.3 Å². The van der Waals surface area contributed by atoms with Crippen LogP contribution in [0.15, 0.2) is 54.6 Å². The van der Waals surface area contributed by atoms with Crippen LogP contribution in [0.4, 0.5) is 11.5 Å². The number of para-hydroxylation sites is 2. The summed E-state index contributed by atoms with van der Waals surface area (Å²) in [4.78, 5) is 9.69. The summed E-state index contributed by atoms with van der Waals surface area (Å²) in [6.07, 6.45) is 2.32. The molecule has 4 rings (SSSR count). The number of nitrogens with zero attached hydrogens (tertiary/aromatic N) is 3. The van der Waals surface area contributed by atoms with Crippen molar-refractivity contribution in [3.05, 3.63) is 54.6 Å². The van der Waals surface area contributed by atoms with Crippen molar-refractivity contribution in [2.75, 3.05) is 63.7 Å². The van der Waals surface area contributed by atoms with Crippen molar-refractivity contribution >= 4 is 22.4 Å². The monoisotopic (exact) mass is 420 g/mol. The fourth-order valence-corrected chi connectivity index (χ4v) is 4.11. The number of pyridine rings is 1. The van der Waals surface area contributed by atoms with Crippen molar-refractivity contribution in [1.82, 2.24) is 9.88 Å². The SMILES string of the molecule is COc1ccc2nc(NCCCCN3CCN(c4ccccc4OC)CC3)ccc2c1. The molecule has 164 valence electrons. The molecule has 1 N–H and O–H groups in total. The zero-order valence-electron chi connectivity index (χ0n) is 18.5. The molecular formula is C25H32N4O2. The van der Waals surface area contributed by atoms with Crippen LogP contribution in [0.3, 0.4) is 0 Å². The molecular weight excluding hydrogens is 388 g/mol. The average Bonchev–Trinajstić information content (AvgIpc) is 2.83. The molecule has 1 aliphatic heterocycles. The van der Waals surface area contributed by atoms with E-state index in [1.165, 1.54) is 12.1 Å². The van der Waals surface area contributed by atoms with Gasteiger partial charge in [0.15, 0.2) is 0 Å². The number of hydrogen-bond donors (Lipinski definition) is 1. The number of fused-ring (bicyclic) bond motifs is 1. The number of methoxy groups -OCH3 is 2. The first kappa shape index (κ1) is 21.2. The summed E-state index contributed by atoms with van der Waals surface area (Å²) in [5.41, 5.74) is 2.19. The maximum atomic E-state index is 5.51. The molecule has 1 aromatic heterocycles. The van der Waals surface area contributed by atoms with Crippen molar-refractivity contribution in [1.29, 1.82) is 0 Å². The van der Waals surface area contributed by atoms with Gasteiger partial charge in [-0.05, 0) is 61.9 Å². The van der Waals surface area contributed by atoms with Crippen LogP contribution in [0, 0.1) is 0 Å². The first-order valence-corrected chi connectivity index (χ1v) is 11.1. The van der Waals surface area contributed by atoms with E-state index in [-0.39, 0.29) is 0 Å². The highest BCUT2D eigenvalue weighted by Gasteiger charge is 2.18. The van der Waals surface area contributed by atoms with Gasteiger partial charge in [-0.1, -0.05) is 12.1 Å². The Labute approximate surface area is 184 Å². The zero-order chi connectivity index (χ0) is 21.5. The highest BCUT2D eigenvalue weighted by molar-refractivity contribution is 5.81. The van der Waals surface area contributed by atoms with Gasteiger partial charge in [0.1, 0.15) is 17.3 Å². The molecule has 1 saturated heterocycles. The Morgan fingerprint density at radius 1 is 0.903 bits per heavy atom. The Morgan fingerprint density at radius 2 is 1.74 bits per heavy atom. The standard InChI is InChI=1S/C25H32N4O2/c1-30-21-10-11-22-20(19-21)9-12-25(27-22)26-13-5-6-14-28-15-17-29(18-16-28)23-7-3-4-8-24(23)31-2/h3-4,7-12,19H,5-6,13-18H2,1-2H3,(H,26,27). The lowest BCUT2D eigenvalue weighted by atomic mass is 10.2. The first-order valence-electron chi connectivity index (χ1n) is 11.1. The molecule has 2 heterocycles. The van der Waals surface area contributed by atoms with Crippen LogP contribution in [-0.4, -0.2) is 63.4 Å². The van der Waals surface area contributed by atoms with E-state index in [4.69, 9.17) is 14.5 Å². The van der Waals surface area contributed by atoms with Gasteiger partial charge in [-0.15, -0.1) is 0 Å². The third kappa shape index (κ3) is 5.39. The highest BCUT2D eigenvalue weighted by Crippen LogP contribution is 2.28. The van der Waals surface area contributed by atoms with E-state index >= 15 is 0 Å². The predicted octanol–water partition coefficient (Wildman–Crippen LogP) is 4.27. The number of ether oxygens (including phenoxy) is 2. The number of benzene rings is 2. The minimum Gasteiger partial charge on any atom is -0.497 e. The molecule has 6 heteroatoms. The molecule has 0 saturated carbocycles. The van der Waals surface area contributed by atoms with Gasteiger partial charge < -0.3 is 19.7 Å². The normalized spacial score (nSPS) is 14.6. The minimum atomic E-state index is 0.860. The molecule has 2 aromatic carbocycles. The van der Waals surface area contributed by atoms with Gasteiger partial charge >= 0.3 is 0 Å². The lowest BCUT2D eigenvalue weighted by Gasteiger charge is -2.36. The van der Waals surface area contributed by atoms with Gasteiger partial charge in [0.2, 0.25) is 0 Å². The molecule has 0 aliphatic carbocycles. The fraction of sp³-hybridized carbons (Fsp3) is 0.400. The number of rotatable bonds is 9. The summed E-state index contributed by atoms with van der Waals surface area (Å²) in [6, 6.07) is 18.4. The number of piperazine rings is 1. The van der Waals surface area contributed by atoms with Gasteiger partial charge in [-0.3, -0.25) is 4.90 Å². The molecule has 0 radical (unpaired) electrons. The van der Waals surface area contributed by atoms with E-state index in [1.807, 2.05) is 36.4 Å². The molecule has 0 atom stereocenters. The Morgan fingerprint density at radius 3 is 2.55 bits per heavy atom. The van der Waals surface area contributed by atoms with Gasteiger partial charge in [0, 0.05) is 38.1 Å². The van der Waals surface area contributed by atoms with E-state index in [0.717, 1.165) is 73.9 Å². The second kappa shape index (κ2) is 10.4. The average molecular weight is 421 g/mol. The van der Waals surface area contributed by atoms with Gasteiger partial charge in [-0.2, -0.15) is 0 Å². The number of nitrogens with one attached hydrogen (secondary N) is 1. The maximum Gasteiger partial charge on any atom is 0.142 e. The van der Waals surface area contributed by atoms with Crippen molar-refractivity contribution in [3.63, 3.8) is 0 Å². The highest BCUT2D eigenvalue weighted by atomic mass is 16.5. The van der Waals surface area contributed by atoms with Crippen LogP contribution in [0.2, 0.25) is 0 Å². The van der Waals surface area contributed by atoms with Gasteiger partial charge in [0.05, 0.1) is 25.4 Å². The molecule has 0 amide bonds. The molecule has 0 unspecified atom stereocenters. The van der Waals surface area contributed by atoms with Crippen LogP contribution in [0.25, 0.3) is 10.9 Å². The van der Waals surface area contributed by atoms with Crippen LogP contribution in [-0.2, 0) is 0 Å². The Bertz CT molecular complexity index is 986. The maximum absolute atomic E-state index is 5.51. The molecule has 1 aliphatic rings. The van der Waals surface area contributed by atoms with E-state index in [1.54, 1.807) is 14.2 Å². The van der Waals surface area contributed by atoms with Crippen molar-refractivity contribution in [2.45, 2.75) is 12.8 Å². The van der Waals surface area contributed by atoms with Crippen molar-refractivity contribution in [3.8, 4) is 11.5 Å². The molecule has 3 aromatic rings. The van der Waals surface area contributed by atoms with Gasteiger partial charge in [-0.25, -0.2) is 4.98 Å².